The standard InChI is InChI=1S/C31H41BBrNO5/c1-4-19(14-20-15-21(33)11-12-26(20)35)10-13-27-28-23(18(2)3)16-24-29(25(28)17-32(38)39-27)31(37)34(30(24)36)22-8-6-5-7-9-22/h11-12,14-15,18,22,24-25,27,29,35,38H,4-10,13,16-17H2,1-3H3/b19-14+/t24-,25+,27-,29-/m1/s1. The lowest BCUT2D eigenvalue weighted by molar-refractivity contribution is -0.143. The predicted octanol–water partition coefficient (Wildman–Crippen LogP) is 6.51. The lowest BCUT2D eigenvalue weighted by atomic mass is 9.57. The Balaban J connectivity index is 1.42. The first kappa shape index (κ1) is 28.6. The Bertz CT molecular complexity index is 1170. The van der Waals surface area contributed by atoms with E-state index in [9.17, 15) is 19.7 Å². The van der Waals surface area contributed by atoms with Gasteiger partial charge in [-0.3, -0.25) is 14.5 Å². The topological polar surface area (TPSA) is 87.1 Å². The number of benzene rings is 1. The zero-order valence-electron chi connectivity index (χ0n) is 23.4. The number of phenolic OH excluding ortho intramolecular Hbond substituents is 1. The van der Waals surface area contributed by atoms with Crippen LogP contribution in [0.5, 0.6) is 5.75 Å². The maximum Gasteiger partial charge on any atom is 0.455 e. The van der Waals surface area contributed by atoms with Crippen LogP contribution in [0.4, 0.5) is 0 Å². The van der Waals surface area contributed by atoms with Crippen LogP contribution in [-0.2, 0) is 14.2 Å². The van der Waals surface area contributed by atoms with Gasteiger partial charge in [-0.1, -0.05) is 73.2 Å². The molecular formula is C31H41BBrNO5. The summed E-state index contributed by atoms with van der Waals surface area (Å²) in [6.45, 7) is 6.43. The molecule has 39 heavy (non-hydrogen) atoms. The maximum absolute atomic E-state index is 13.9. The van der Waals surface area contributed by atoms with Gasteiger partial charge in [-0.2, -0.15) is 0 Å². The van der Waals surface area contributed by atoms with Gasteiger partial charge in [-0.15, -0.1) is 0 Å². The van der Waals surface area contributed by atoms with Crippen LogP contribution in [0.2, 0.25) is 6.32 Å². The van der Waals surface area contributed by atoms with Crippen LogP contribution in [0.3, 0.4) is 0 Å². The van der Waals surface area contributed by atoms with Gasteiger partial charge < -0.3 is 14.8 Å². The highest BCUT2D eigenvalue weighted by atomic mass is 79.9. The Morgan fingerprint density at radius 3 is 2.62 bits per heavy atom. The van der Waals surface area contributed by atoms with Crippen molar-refractivity contribution in [1.29, 1.82) is 0 Å². The summed E-state index contributed by atoms with van der Waals surface area (Å²) in [6.07, 6.45) is 10.1. The number of amides is 2. The zero-order chi connectivity index (χ0) is 27.8. The maximum atomic E-state index is 13.9. The fourth-order valence-corrected chi connectivity index (χ4v) is 7.88. The van der Waals surface area contributed by atoms with Crippen LogP contribution in [0.1, 0.15) is 84.1 Å². The molecule has 0 radical (unpaired) electrons. The molecule has 2 amide bonds. The zero-order valence-corrected chi connectivity index (χ0v) is 25.0. The molecule has 6 nitrogen and oxygen atoms in total. The molecule has 2 N–H and O–H groups in total. The molecule has 2 aliphatic heterocycles. The lowest BCUT2D eigenvalue weighted by Crippen LogP contribution is -2.47. The van der Waals surface area contributed by atoms with Crippen molar-refractivity contribution in [2.24, 2.45) is 23.7 Å². The Morgan fingerprint density at radius 1 is 1.18 bits per heavy atom. The molecular weight excluding hydrogens is 557 g/mol. The third kappa shape index (κ3) is 5.66. The molecule has 3 fully saturated rings. The van der Waals surface area contributed by atoms with Crippen LogP contribution in [-0.4, -0.2) is 46.1 Å². The Kier molecular flexibility index (Phi) is 8.75. The second kappa shape index (κ2) is 11.9. The number of allylic oxidation sites excluding steroid dienone is 2. The summed E-state index contributed by atoms with van der Waals surface area (Å²) in [6, 6.07) is 5.44. The second-order valence-corrected chi connectivity index (χ2v) is 13.0. The highest BCUT2D eigenvalue weighted by Gasteiger charge is 2.58. The van der Waals surface area contributed by atoms with E-state index in [1.54, 1.807) is 11.0 Å². The van der Waals surface area contributed by atoms with E-state index in [-0.39, 0.29) is 47.5 Å². The van der Waals surface area contributed by atoms with E-state index >= 15 is 0 Å². The third-order valence-corrected chi connectivity index (χ3v) is 9.94. The van der Waals surface area contributed by atoms with Crippen LogP contribution in [0.25, 0.3) is 6.08 Å². The van der Waals surface area contributed by atoms with Crippen molar-refractivity contribution in [3.8, 4) is 5.75 Å². The summed E-state index contributed by atoms with van der Waals surface area (Å²) in [7, 11) is -0.953. The van der Waals surface area contributed by atoms with Crippen molar-refractivity contribution in [2.75, 3.05) is 0 Å². The number of imide groups is 1. The number of likely N-dealkylation sites (tertiary alicyclic amines) is 1. The minimum atomic E-state index is -0.953. The van der Waals surface area contributed by atoms with Gasteiger partial charge in [0.2, 0.25) is 11.8 Å². The molecule has 4 atom stereocenters. The summed E-state index contributed by atoms with van der Waals surface area (Å²) in [5, 5.41) is 21.2. The van der Waals surface area contributed by atoms with Crippen molar-refractivity contribution in [3.05, 3.63) is 45.0 Å². The summed E-state index contributed by atoms with van der Waals surface area (Å²) in [5.41, 5.74) is 4.34. The van der Waals surface area contributed by atoms with E-state index in [0.29, 0.717) is 19.2 Å². The lowest BCUT2D eigenvalue weighted by Gasteiger charge is -2.44. The Morgan fingerprint density at radius 2 is 1.92 bits per heavy atom. The van der Waals surface area contributed by atoms with E-state index in [1.165, 1.54) is 17.6 Å². The highest BCUT2D eigenvalue weighted by molar-refractivity contribution is 9.10. The van der Waals surface area contributed by atoms with Crippen LogP contribution in [0, 0.1) is 23.7 Å². The quantitative estimate of drug-likeness (QED) is 0.212. The average Bonchev–Trinajstić information content (AvgIpc) is 3.17. The van der Waals surface area contributed by atoms with Gasteiger partial charge in [0, 0.05) is 16.1 Å². The number of hydrogen-bond donors (Lipinski definition) is 2. The number of phenols is 1. The number of carbonyl (C=O) groups excluding carboxylic acids is 2. The number of fused-ring (bicyclic) bond motifs is 3. The monoisotopic (exact) mass is 597 g/mol. The predicted molar refractivity (Wildman–Crippen MR) is 157 cm³/mol. The summed E-state index contributed by atoms with van der Waals surface area (Å²) < 4.78 is 7.09. The second-order valence-electron chi connectivity index (χ2n) is 12.1. The molecule has 8 heteroatoms. The van der Waals surface area contributed by atoms with E-state index in [0.717, 1.165) is 54.1 Å². The first-order chi connectivity index (χ1) is 18.7. The number of aromatic hydroxyl groups is 1. The molecule has 2 saturated heterocycles. The van der Waals surface area contributed by atoms with Crippen molar-refractivity contribution in [1.82, 2.24) is 4.90 Å². The minimum Gasteiger partial charge on any atom is -0.507 e. The molecule has 1 aromatic rings. The number of rotatable bonds is 7. The van der Waals surface area contributed by atoms with Crippen molar-refractivity contribution in [3.63, 3.8) is 0 Å². The molecule has 210 valence electrons. The van der Waals surface area contributed by atoms with E-state index in [4.69, 9.17) is 4.65 Å². The highest BCUT2D eigenvalue weighted by Crippen LogP contribution is 2.52. The van der Waals surface area contributed by atoms with Gasteiger partial charge in [0.15, 0.2) is 0 Å². The minimum absolute atomic E-state index is 0.0108. The average molecular weight is 598 g/mol. The molecule has 1 aromatic carbocycles. The van der Waals surface area contributed by atoms with Crippen LogP contribution >= 0.6 is 15.9 Å². The molecule has 2 heterocycles. The van der Waals surface area contributed by atoms with Crippen LogP contribution < -0.4 is 0 Å². The summed E-state index contributed by atoms with van der Waals surface area (Å²) in [5.74, 6) is -0.408. The molecule has 4 aliphatic rings. The van der Waals surface area contributed by atoms with Crippen molar-refractivity contribution < 1.29 is 24.4 Å². The SMILES string of the molecule is CC/C(=C\c1cc(Br)ccc1O)CC[C@H]1OB(O)C[C@H]2C1=C(C(C)C)C[C@H]1C(=O)N(C3CCCCC3)C(=O)[C@H]12. The first-order valence-electron chi connectivity index (χ1n) is 14.8. The van der Waals surface area contributed by atoms with Gasteiger partial charge in [0.25, 0.3) is 0 Å². The largest absolute Gasteiger partial charge is 0.507 e. The van der Waals surface area contributed by atoms with Crippen LogP contribution in [0.15, 0.2) is 39.4 Å². The normalized spacial score (nSPS) is 28.4. The molecule has 1 saturated carbocycles. The summed E-state index contributed by atoms with van der Waals surface area (Å²) >= 11 is 3.49. The molecule has 0 unspecified atom stereocenters. The molecule has 0 aromatic heterocycles. The molecule has 0 bridgehead atoms. The van der Waals surface area contributed by atoms with Gasteiger partial charge in [0.1, 0.15) is 5.75 Å². The number of carbonyl (C=O) groups is 2. The fraction of sp³-hybridized carbons (Fsp3) is 0.613. The van der Waals surface area contributed by atoms with E-state index < -0.39 is 13.0 Å². The van der Waals surface area contributed by atoms with Gasteiger partial charge >= 0.3 is 7.12 Å². The molecule has 0 spiro atoms. The van der Waals surface area contributed by atoms with Crippen molar-refractivity contribution in [2.45, 2.75) is 97.0 Å². The molecule has 2 aliphatic carbocycles. The summed E-state index contributed by atoms with van der Waals surface area (Å²) in [4.78, 5) is 29.2. The number of hydrogen-bond acceptors (Lipinski definition) is 5. The first-order valence-corrected chi connectivity index (χ1v) is 15.6. The Labute approximate surface area is 241 Å². The number of halogens is 1. The Hall–Kier alpha value is -1.90. The fourth-order valence-electron chi connectivity index (χ4n) is 7.50. The van der Waals surface area contributed by atoms with Gasteiger partial charge in [-0.05, 0) is 80.5 Å². The molecule has 5 rings (SSSR count). The van der Waals surface area contributed by atoms with Crippen molar-refractivity contribution >= 4 is 40.9 Å². The van der Waals surface area contributed by atoms with Gasteiger partial charge in [-0.25, -0.2) is 0 Å². The third-order valence-electron chi connectivity index (χ3n) is 9.45. The van der Waals surface area contributed by atoms with E-state index in [2.05, 4.69) is 36.7 Å². The number of nitrogens with zero attached hydrogens (tertiary/aromatic N) is 1. The smallest absolute Gasteiger partial charge is 0.455 e. The van der Waals surface area contributed by atoms with Gasteiger partial charge in [0.05, 0.1) is 17.9 Å². The van der Waals surface area contributed by atoms with E-state index in [1.807, 2.05) is 18.2 Å².